The van der Waals surface area contributed by atoms with E-state index in [9.17, 15) is 0 Å². The number of nitrogens with one attached hydrogen (secondary N) is 1. The van der Waals surface area contributed by atoms with Crippen molar-refractivity contribution in [1.82, 2.24) is 5.32 Å². The smallest absolute Gasteiger partial charge is 0.112 e. The van der Waals surface area contributed by atoms with Crippen LogP contribution in [-0.2, 0) is 30.2 Å². The lowest BCUT2D eigenvalue weighted by molar-refractivity contribution is 0.183. The maximum absolute atomic E-state index is 15.5. The Hall–Kier alpha value is -3.65. The Morgan fingerprint density at radius 1 is 0.654 bits per heavy atom. The number of rotatable bonds is 15. The number of aryl methyl sites for hydroxylation is 2. The van der Waals surface area contributed by atoms with E-state index < -0.39 is 11.2 Å². The van der Waals surface area contributed by atoms with Crippen LogP contribution in [0.1, 0.15) is 153 Å². The molecule has 2 unspecified atom stereocenters. The molecule has 1 N–H and O–H groups in total. The molecule has 0 heterocycles. The Labute approximate surface area is 319 Å². The average Bonchev–Trinajstić information content (AvgIpc) is 3.12. The van der Waals surface area contributed by atoms with Gasteiger partial charge >= 0.3 is 0 Å². The van der Waals surface area contributed by atoms with Gasteiger partial charge in [0.05, 0.1) is 5.54 Å². The van der Waals surface area contributed by atoms with Crippen molar-refractivity contribution in [3.8, 4) is 0 Å². The van der Waals surface area contributed by atoms with E-state index in [0.29, 0.717) is 12.8 Å². The van der Waals surface area contributed by atoms with Crippen molar-refractivity contribution in [2.24, 2.45) is 5.41 Å². The molecule has 0 fully saturated rings. The van der Waals surface area contributed by atoms with Crippen LogP contribution in [-0.4, -0.2) is 5.67 Å². The van der Waals surface area contributed by atoms with Gasteiger partial charge in [0.25, 0.3) is 0 Å². The van der Waals surface area contributed by atoms with Crippen molar-refractivity contribution in [3.63, 3.8) is 0 Å². The Morgan fingerprint density at radius 2 is 1.19 bits per heavy atom. The topological polar surface area (TPSA) is 12.0 Å². The quantitative estimate of drug-likeness (QED) is 0.130. The number of benzene rings is 4. The molecule has 0 radical (unpaired) electrons. The second-order valence-electron chi connectivity index (χ2n) is 16.2. The minimum atomic E-state index is -1.26. The molecule has 4 aromatic rings. The number of alkyl halides is 1. The molecular formula is C50H72FN. The van der Waals surface area contributed by atoms with Crippen LogP contribution in [0.15, 0.2) is 104 Å². The molecule has 4 rings (SSSR count). The molecule has 0 bridgehead atoms. The van der Waals surface area contributed by atoms with E-state index in [1.165, 1.54) is 27.8 Å². The van der Waals surface area contributed by atoms with Crippen molar-refractivity contribution in [3.05, 3.63) is 148 Å². The SMILES string of the molecule is C=C(NC(CCCc1ccccc1)(c1cccc(CC(C)(C)C)c1)c1cccc(CC(C)(F)CC)c1)c1ccc(C)c(C(C)(C)CC)c1.CC.CC. The summed E-state index contributed by atoms with van der Waals surface area (Å²) in [6.07, 6.45) is 5.68. The van der Waals surface area contributed by atoms with Gasteiger partial charge in [-0.1, -0.05) is 174 Å². The summed E-state index contributed by atoms with van der Waals surface area (Å²) in [6, 6.07) is 35.3. The zero-order valence-corrected chi connectivity index (χ0v) is 35.3. The minimum absolute atomic E-state index is 0.0566. The monoisotopic (exact) mass is 706 g/mol. The summed E-state index contributed by atoms with van der Waals surface area (Å²) < 4.78 is 15.5. The summed E-state index contributed by atoms with van der Waals surface area (Å²) in [5.41, 5.74) is 9.08. The van der Waals surface area contributed by atoms with Gasteiger partial charge in [-0.3, -0.25) is 0 Å². The predicted octanol–water partition coefficient (Wildman–Crippen LogP) is 14.5. The number of halogens is 1. The van der Waals surface area contributed by atoms with Gasteiger partial charge in [0.2, 0.25) is 0 Å². The van der Waals surface area contributed by atoms with E-state index in [2.05, 4.69) is 151 Å². The normalized spacial score (nSPS) is 13.7. The van der Waals surface area contributed by atoms with Crippen molar-refractivity contribution in [1.29, 1.82) is 0 Å². The zero-order valence-electron chi connectivity index (χ0n) is 35.3. The van der Waals surface area contributed by atoms with Crippen LogP contribution in [0.4, 0.5) is 4.39 Å². The van der Waals surface area contributed by atoms with Crippen molar-refractivity contribution >= 4 is 5.70 Å². The van der Waals surface area contributed by atoms with Gasteiger partial charge in [-0.25, -0.2) is 4.39 Å². The van der Waals surface area contributed by atoms with Crippen LogP contribution in [0.5, 0.6) is 0 Å². The van der Waals surface area contributed by atoms with Crippen LogP contribution in [0.25, 0.3) is 5.70 Å². The molecule has 0 aliphatic carbocycles. The molecular weight excluding hydrogens is 634 g/mol. The Kier molecular flexibility index (Phi) is 17.1. The van der Waals surface area contributed by atoms with E-state index in [1.807, 2.05) is 34.6 Å². The fourth-order valence-corrected chi connectivity index (χ4v) is 6.98. The molecule has 52 heavy (non-hydrogen) atoms. The summed E-state index contributed by atoms with van der Waals surface area (Å²) in [4.78, 5) is 0. The van der Waals surface area contributed by atoms with Gasteiger partial charge in [0, 0.05) is 12.1 Å². The zero-order chi connectivity index (χ0) is 39.2. The highest BCUT2D eigenvalue weighted by Crippen LogP contribution is 2.40. The van der Waals surface area contributed by atoms with Gasteiger partial charge in [-0.2, -0.15) is 0 Å². The third kappa shape index (κ3) is 12.5. The minimum Gasteiger partial charge on any atom is -0.372 e. The molecule has 0 amide bonds. The maximum Gasteiger partial charge on any atom is 0.112 e. The molecule has 0 aliphatic rings. The molecule has 0 saturated carbocycles. The first-order chi connectivity index (χ1) is 24.6. The van der Waals surface area contributed by atoms with Gasteiger partial charge in [-0.15, -0.1) is 0 Å². The largest absolute Gasteiger partial charge is 0.372 e. The highest BCUT2D eigenvalue weighted by molar-refractivity contribution is 5.66. The molecule has 0 aromatic heterocycles. The van der Waals surface area contributed by atoms with Crippen molar-refractivity contribution < 1.29 is 4.39 Å². The highest BCUT2D eigenvalue weighted by Gasteiger charge is 2.36. The lowest BCUT2D eigenvalue weighted by Crippen LogP contribution is -2.43. The first-order valence-electron chi connectivity index (χ1n) is 20.1. The van der Waals surface area contributed by atoms with Crippen LogP contribution in [0.3, 0.4) is 0 Å². The van der Waals surface area contributed by atoms with Gasteiger partial charge in [0.1, 0.15) is 5.67 Å². The van der Waals surface area contributed by atoms with Gasteiger partial charge in [-0.05, 0) is 114 Å². The van der Waals surface area contributed by atoms with Gasteiger partial charge in [0.15, 0.2) is 0 Å². The van der Waals surface area contributed by atoms with E-state index in [-0.39, 0.29) is 10.8 Å². The lowest BCUT2D eigenvalue weighted by atomic mass is 9.75. The second kappa shape index (κ2) is 20.0. The first kappa shape index (κ1) is 44.5. The first-order valence-corrected chi connectivity index (χ1v) is 20.1. The Bertz CT molecular complexity index is 1660. The molecule has 0 saturated heterocycles. The highest BCUT2D eigenvalue weighted by atomic mass is 19.1. The van der Waals surface area contributed by atoms with E-state index in [1.54, 1.807) is 6.92 Å². The maximum atomic E-state index is 15.5. The van der Waals surface area contributed by atoms with E-state index in [0.717, 1.165) is 54.5 Å². The molecule has 0 aliphatic heterocycles. The number of hydrogen-bond donors (Lipinski definition) is 1. The average molecular weight is 706 g/mol. The third-order valence-corrected chi connectivity index (χ3v) is 10.3. The van der Waals surface area contributed by atoms with E-state index in [4.69, 9.17) is 6.58 Å². The summed E-state index contributed by atoms with van der Waals surface area (Å²) >= 11 is 0. The summed E-state index contributed by atoms with van der Waals surface area (Å²) in [7, 11) is 0. The second-order valence-corrected chi connectivity index (χ2v) is 16.2. The molecule has 1 nitrogen and oxygen atoms in total. The summed E-state index contributed by atoms with van der Waals surface area (Å²) in [5.74, 6) is 0. The Balaban J connectivity index is 0.00000226. The third-order valence-electron chi connectivity index (χ3n) is 10.3. The predicted molar refractivity (Wildman–Crippen MR) is 229 cm³/mol. The molecule has 284 valence electrons. The summed E-state index contributed by atoms with van der Waals surface area (Å²) in [5, 5.41) is 4.09. The van der Waals surface area contributed by atoms with Gasteiger partial charge < -0.3 is 5.32 Å². The Morgan fingerprint density at radius 3 is 1.71 bits per heavy atom. The van der Waals surface area contributed by atoms with Crippen LogP contribution < -0.4 is 5.32 Å². The lowest BCUT2D eigenvalue weighted by Gasteiger charge is -2.39. The molecule has 2 atom stereocenters. The molecule has 4 aromatic carbocycles. The fourth-order valence-electron chi connectivity index (χ4n) is 6.98. The van der Waals surface area contributed by atoms with E-state index >= 15 is 4.39 Å². The van der Waals surface area contributed by atoms with Crippen LogP contribution >= 0.6 is 0 Å². The van der Waals surface area contributed by atoms with Crippen LogP contribution in [0.2, 0.25) is 0 Å². The van der Waals surface area contributed by atoms with Crippen LogP contribution in [0, 0.1) is 12.3 Å². The molecule has 2 heteroatoms. The van der Waals surface area contributed by atoms with Crippen molar-refractivity contribution in [2.75, 3.05) is 0 Å². The summed E-state index contributed by atoms with van der Waals surface area (Å²) in [6.45, 7) is 32.4. The number of hydrogen-bond acceptors (Lipinski definition) is 1. The fraction of sp³-hybridized carbons (Fsp3) is 0.480. The molecule has 0 spiro atoms. The standard InChI is InChI=1S/C46H60FN.2C2H6/c1-11-44(8,9)42-31-39(27-26-34(42)3)35(4)48-46(28-18-23-36-19-14-13-15-20-36,40-24-16-21-37(29-40)32-43(5,6)7)41-25-17-22-38(30-41)33-45(10,47)12-2;2*1-2/h13-17,19-22,24-27,29-31,48H,4,11-12,18,23,28,32-33H2,1-3,5-10H3;2*1-2H3. The van der Waals surface area contributed by atoms with Crippen molar-refractivity contribution in [2.45, 2.75) is 152 Å².